The predicted molar refractivity (Wildman–Crippen MR) is 87.6 cm³/mol. The first-order valence-corrected chi connectivity index (χ1v) is 7.50. The summed E-state index contributed by atoms with van der Waals surface area (Å²) < 4.78 is 1.87. The fraction of sp³-hybridized carbons (Fsp3) is 0.235. The number of carbonyl (C=O) groups excluding carboxylic acids is 1. The lowest BCUT2D eigenvalue weighted by atomic mass is 10.2. The molecule has 3 aromatic rings. The monoisotopic (exact) mass is 309 g/mol. The molecule has 1 N–H and O–H groups in total. The lowest BCUT2D eigenvalue weighted by molar-refractivity contribution is -0.122. The fourth-order valence-corrected chi connectivity index (χ4v) is 2.44. The first kappa shape index (κ1) is 15.2. The number of fused-ring (bicyclic) bond motifs is 1. The van der Waals surface area contributed by atoms with E-state index in [-0.39, 0.29) is 5.91 Å². The van der Waals surface area contributed by atoms with Crippen LogP contribution in [0.1, 0.15) is 11.4 Å². The number of nitrogens with one attached hydrogen (secondary N) is 1. The van der Waals surface area contributed by atoms with Crippen LogP contribution in [0.2, 0.25) is 0 Å². The normalized spacial score (nSPS) is 11.0. The Kier molecular flexibility index (Phi) is 4.63. The quantitative estimate of drug-likeness (QED) is 0.749. The van der Waals surface area contributed by atoms with Gasteiger partial charge in [-0.3, -0.25) is 14.1 Å². The third-order valence-corrected chi connectivity index (χ3v) is 3.54. The van der Waals surface area contributed by atoms with Crippen molar-refractivity contribution in [1.82, 2.24) is 24.8 Å². The second-order valence-corrected chi connectivity index (χ2v) is 5.48. The van der Waals surface area contributed by atoms with Crippen LogP contribution in [0.25, 0.3) is 5.65 Å². The molecule has 0 fully saturated rings. The molecule has 0 saturated carbocycles. The minimum absolute atomic E-state index is 0.0314. The number of carbonyl (C=O) groups is 1. The molecule has 0 unspecified atom stereocenters. The van der Waals surface area contributed by atoms with Gasteiger partial charge in [-0.2, -0.15) is 0 Å². The summed E-state index contributed by atoms with van der Waals surface area (Å²) in [6.07, 6.45) is 1.89. The van der Waals surface area contributed by atoms with E-state index in [1.165, 1.54) is 5.56 Å². The molecule has 118 valence electrons. The van der Waals surface area contributed by atoms with Crippen molar-refractivity contribution >= 4 is 11.6 Å². The first-order valence-electron chi connectivity index (χ1n) is 7.50. The van der Waals surface area contributed by atoms with E-state index in [0.29, 0.717) is 13.1 Å². The molecule has 0 aliphatic carbocycles. The van der Waals surface area contributed by atoms with E-state index in [9.17, 15) is 4.79 Å². The standard InChI is InChI=1S/C17H19N5O/c1-21(12-14-7-3-2-4-8-14)13-17(23)18-11-16-20-19-15-9-5-6-10-22(15)16/h2-10H,11-13H2,1H3,(H,18,23). The minimum Gasteiger partial charge on any atom is -0.348 e. The van der Waals surface area contributed by atoms with Gasteiger partial charge in [0.2, 0.25) is 5.91 Å². The SMILES string of the molecule is CN(CC(=O)NCc1nnc2ccccn12)Cc1ccccc1. The molecule has 6 heteroatoms. The van der Waals surface area contributed by atoms with Crippen molar-refractivity contribution in [2.45, 2.75) is 13.1 Å². The Labute approximate surface area is 134 Å². The van der Waals surface area contributed by atoms with Gasteiger partial charge in [-0.1, -0.05) is 36.4 Å². The average Bonchev–Trinajstić information content (AvgIpc) is 2.97. The van der Waals surface area contributed by atoms with Crippen molar-refractivity contribution in [2.24, 2.45) is 0 Å². The highest BCUT2D eigenvalue weighted by atomic mass is 16.2. The molecular formula is C17H19N5O. The van der Waals surface area contributed by atoms with Gasteiger partial charge >= 0.3 is 0 Å². The van der Waals surface area contributed by atoms with Crippen molar-refractivity contribution in [1.29, 1.82) is 0 Å². The summed E-state index contributed by atoms with van der Waals surface area (Å²) in [5, 5.41) is 11.1. The minimum atomic E-state index is -0.0314. The smallest absolute Gasteiger partial charge is 0.234 e. The van der Waals surface area contributed by atoms with Crippen LogP contribution in [0, 0.1) is 0 Å². The molecule has 23 heavy (non-hydrogen) atoms. The maximum atomic E-state index is 12.1. The number of aromatic nitrogens is 3. The fourth-order valence-electron chi connectivity index (χ4n) is 2.44. The van der Waals surface area contributed by atoms with E-state index < -0.39 is 0 Å². The summed E-state index contributed by atoms with van der Waals surface area (Å²) in [5.41, 5.74) is 1.96. The van der Waals surface area contributed by atoms with E-state index in [1.807, 2.05) is 58.9 Å². The number of hydrogen-bond donors (Lipinski definition) is 1. The molecule has 0 aliphatic rings. The molecule has 0 atom stereocenters. The van der Waals surface area contributed by atoms with Crippen molar-refractivity contribution in [2.75, 3.05) is 13.6 Å². The largest absolute Gasteiger partial charge is 0.348 e. The molecule has 1 aromatic carbocycles. The van der Waals surface area contributed by atoms with Crippen LogP contribution in [0.5, 0.6) is 0 Å². The zero-order chi connectivity index (χ0) is 16.1. The lowest BCUT2D eigenvalue weighted by Gasteiger charge is -2.16. The highest BCUT2D eigenvalue weighted by Crippen LogP contribution is 2.03. The second-order valence-electron chi connectivity index (χ2n) is 5.48. The van der Waals surface area contributed by atoms with Crippen LogP contribution >= 0.6 is 0 Å². The molecule has 0 aliphatic heterocycles. The van der Waals surface area contributed by atoms with Gasteiger partial charge in [-0.25, -0.2) is 0 Å². The number of pyridine rings is 1. The van der Waals surface area contributed by atoms with E-state index >= 15 is 0 Å². The number of likely N-dealkylation sites (N-methyl/N-ethyl adjacent to an activating group) is 1. The molecule has 0 spiro atoms. The van der Waals surface area contributed by atoms with Crippen LogP contribution in [0.15, 0.2) is 54.7 Å². The van der Waals surface area contributed by atoms with Crippen LogP contribution in [0.3, 0.4) is 0 Å². The summed E-state index contributed by atoms with van der Waals surface area (Å²) in [7, 11) is 1.93. The van der Waals surface area contributed by atoms with E-state index in [1.54, 1.807) is 0 Å². The van der Waals surface area contributed by atoms with Crippen molar-refractivity contribution in [3.63, 3.8) is 0 Å². The highest BCUT2D eigenvalue weighted by Gasteiger charge is 2.09. The van der Waals surface area contributed by atoms with Gasteiger partial charge in [0.05, 0.1) is 13.1 Å². The lowest BCUT2D eigenvalue weighted by Crippen LogP contribution is -2.34. The van der Waals surface area contributed by atoms with Gasteiger partial charge in [0.1, 0.15) is 0 Å². The van der Waals surface area contributed by atoms with E-state index in [0.717, 1.165) is 18.0 Å². The topological polar surface area (TPSA) is 62.5 Å². The van der Waals surface area contributed by atoms with Crippen LogP contribution in [0.4, 0.5) is 0 Å². The summed E-state index contributed by atoms with van der Waals surface area (Å²) in [6.45, 7) is 1.44. The van der Waals surface area contributed by atoms with E-state index in [2.05, 4.69) is 27.6 Å². The molecule has 0 saturated heterocycles. The maximum Gasteiger partial charge on any atom is 0.234 e. The van der Waals surface area contributed by atoms with Crippen molar-refractivity contribution in [3.8, 4) is 0 Å². The van der Waals surface area contributed by atoms with Crippen LogP contribution in [-0.2, 0) is 17.9 Å². The number of nitrogens with zero attached hydrogens (tertiary/aromatic N) is 4. The van der Waals surface area contributed by atoms with E-state index in [4.69, 9.17) is 0 Å². The van der Waals surface area contributed by atoms with Gasteiger partial charge in [0, 0.05) is 12.7 Å². The molecule has 1 amide bonds. The average molecular weight is 309 g/mol. The summed E-state index contributed by atoms with van der Waals surface area (Å²) in [4.78, 5) is 14.0. The maximum absolute atomic E-state index is 12.1. The number of benzene rings is 1. The Morgan fingerprint density at radius 2 is 1.91 bits per heavy atom. The third kappa shape index (κ3) is 3.92. The van der Waals surface area contributed by atoms with Gasteiger partial charge in [-0.05, 0) is 24.7 Å². The molecule has 2 heterocycles. The zero-order valence-corrected chi connectivity index (χ0v) is 13.0. The molecule has 0 bridgehead atoms. The highest BCUT2D eigenvalue weighted by molar-refractivity contribution is 5.77. The van der Waals surface area contributed by atoms with Gasteiger partial charge in [-0.15, -0.1) is 10.2 Å². The van der Waals surface area contributed by atoms with Gasteiger partial charge in [0.15, 0.2) is 11.5 Å². The van der Waals surface area contributed by atoms with Gasteiger partial charge in [0.25, 0.3) is 0 Å². The van der Waals surface area contributed by atoms with Crippen molar-refractivity contribution < 1.29 is 4.79 Å². The molecule has 2 aromatic heterocycles. The number of hydrogen-bond acceptors (Lipinski definition) is 4. The number of amides is 1. The first-order chi connectivity index (χ1) is 11.2. The summed E-state index contributed by atoms with van der Waals surface area (Å²) >= 11 is 0. The van der Waals surface area contributed by atoms with Crippen molar-refractivity contribution in [3.05, 3.63) is 66.1 Å². The third-order valence-electron chi connectivity index (χ3n) is 3.54. The van der Waals surface area contributed by atoms with Gasteiger partial charge < -0.3 is 5.32 Å². The Bertz CT molecular complexity index is 784. The molecule has 0 radical (unpaired) electrons. The Hall–Kier alpha value is -2.73. The van der Waals surface area contributed by atoms with Crippen LogP contribution < -0.4 is 5.32 Å². The number of rotatable bonds is 6. The molecule has 6 nitrogen and oxygen atoms in total. The molecule has 3 rings (SSSR count). The summed E-state index contributed by atoms with van der Waals surface area (Å²) in [5.74, 6) is 0.691. The molecular weight excluding hydrogens is 290 g/mol. The zero-order valence-electron chi connectivity index (χ0n) is 13.0. The Balaban J connectivity index is 1.51. The predicted octanol–water partition coefficient (Wildman–Crippen LogP) is 1.48. The second kappa shape index (κ2) is 7.02. The van der Waals surface area contributed by atoms with Crippen LogP contribution in [-0.4, -0.2) is 39.0 Å². The summed E-state index contributed by atoms with van der Waals surface area (Å²) in [6, 6.07) is 15.8. The Morgan fingerprint density at radius 3 is 2.74 bits per heavy atom. The Morgan fingerprint density at radius 1 is 1.13 bits per heavy atom.